The number of hydrogen-bond donors (Lipinski definition) is 0. The molecule has 0 heteroatoms. The average Bonchev–Trinajstić information content (AvgIpc) is 2.56. The molecule has 0 saturated carbocycles. The van der Waals surface area contributed by atoms with E-state index < -0.39 is 0 Å². The molecule has 0 fully saturated rings. The highest BCUT2D eigenvalue weighted by atomic mass is 14.0. The highest BCUT2D eigenvalue weighted by Gasteiger charge is 1.92. The van der Waals surface area contributed by atoms with Crippen molar-refractivity contribution in [2.75, 3.05) is 0 Å². The fourth-order valence-corrected chi connectivity index (χ4v) is 2.35. The molecule has 134 valence electrons. The van der Waals surface area contributed by atoms with Gasteiger partial charge in [0.1, 0.15) is 0 Å². The normalized spacial score (nSPS) is 11.7. The molecule has 0 nitrogen and oxygen atoms in total. The minimum Gasteiger partial charge on any atom is -0.103 e. The van der Waals surface area contributed by atoms with Crippen molar-refractivity contribution in [3.63, 3.8) is 0 Å². The van der Waals surface area contributed by atoms with Crippen LogP contribution in [0.2, 0.25) is 0 Å². The summed E-state index contributed by atoms with van der Waals surface area (Å²) in [5.74, 6) is 0. The van der Waals surface area contributed by atoms with Gasteiger partial charge in [-0.25, -0.2) is 0 Å². The Morgan fingerprint density at radius 2 is 1.39 bits per heavy atom. The van der Waals surface area contributed by atoms with Gasteiger partial charge in [0.15, 0.2) is 0 Å². The number of hydrogen-bond acceptors (Lipinski definition) is 0. The molecule has 0 amide bonds. The van der Waals surface area contributed by atoms with E-state index in [4.69, 9.17) is 0 Å². The Kier molecular flexibility index (Phi) is 22.1. The van der Waals surface area contributed by atoms with Crippen molar-refractivity contribution in [1.29, 1.82) is 0 Å². The lowest BCUT2D eigenvalue weighted by Crippen LogP contribution is -1.82. The second-order valence-electron chi connectivity index (χ2n) is 6.21. The maximum absolute atomic E-state index is 3.73. The van der Waals surface area contributed by atoms with Crippen molar-refractivity contribution in [1.82, 2.24) is 0 Å². The molecule has 0 heterocycles. The first-order chi connectivity index (χ1) is 11.2. The first kappa shape index (κ1) is 24.2. The van der Waals surface area contributed by atoms with E-state index in [-0.39, 0.29) is 0 Å². The van der Waals surface area contributed by atoms with Gasteiger partial charge < -0.3 is 0 Å². The average molecular weight is 319 g/mol. The van der Waals surface area contributed by atoms with Gasteiger partial charge in [-0.05, 0) is 64.7 Å². The number of unbranched alkanes of at least 4 members (excludes halogenated alkanes) is 4. The Morgan fingerprint density at radius 3 is 1.91 bits per heavy atom. The number of rotatable bonds is 13. The van der Waals surface area contributed by atoms with Gasteiger partial charge in [-0.1, -0.05) is 69.1 Å². The van der Waals surface area contributed by atoms with Gasteiger partial charge >= 0.3 is 0 Å². The van der Waals surface area contributed by atoms with Gasteiger partial charge in [0, 0.05) is 0 Å². The molecular weight excluding hydrogens is 276 g/mol. The van der Waals surface area contributed by atoms with Gasteiger partial charge in [-0.2, -0.15) is 0 Å². The highest BCUT2D eigenvalue weighted by molar-refractivity contribution is 5.01. The lowest BCUT2D eigenvalue weighted by atomic mass is 10.0. The minimum absolute atomic E-state index is 1.15. The van der Waals surface area contributed by atoms with E-state index in [2.05, 4.69) is 53.0 Å². The molecule has 0 aliphatic heterocycles. The van der Waals surface area contributed by atoms with Crippen molar-refractivity contribution < 1.29 is 0 Å². The van der Waals surface area contributed by atoms with Crippen LogP contribution in [0.4, 0.5) is 0 Å². The minimum atomic E-state index is 1.15. The summed E-state index contributed by atoms with van der Waals surface area (Å²) in [7, 11) is 0. The molecule has 0 N–H and O–H groups in total. The van der Waals surface area contributed by atoms with Crippen molar-refractivity contribution >= 4 is 0 Å². The summed E-state index contributed by atoms with van der Waals surface area (Å²) in [5.41, 5.74) is 3.16. The fourth-order valence-electron chi connectivity index (χ4n) is 2.35. The van der Waals surface area contributed by atoms with Crippen LogP contribution in [0.25, 0.3) is 0 Å². The SMILES string of the molecule is C=CCCCC(=CCCC)CC.C=CCCCC=C(C)CCC. The molecule has 0 aromatic heterocycles. The Balaban J connectivity index is 0. The van der Waals surface area contributed by atoms with Crippen LogP contribution in [0.15, 0.2) is 48.6 Å². The fraction of sp³-hybridized carbons (Fsp3) is 0.652. The molecule has 0 radical (unpaired) electrons. The summed E-state index contributed by atoms with van der Waals surface area (Å²) >= 11 is 0. The summed E-state index contributed by atoms with van der Waals surface area (Å²) < 4.78 is 0. The monoisotopic (exact) mass is 318 g/mol. The predicted octanol–water partition coefficient (Wildman–Crippen LogP) is 8.57. The second-order valence-corrected chi connectivity index (χ2v) is 6.21. The Hall–Kier alpha value is -1.04. The van der Waals surface area contributed by atoms with E-state index in [1.54, 1.807) is 5.57 Å². The number of allylic oxidation sites excluding steroid dienone is 6. The zero-order valence-electron chi connectivity index (χ0n) is 16.5. The molecule has 0 atom stereocenters. The van der Waals surface area contributed by atoms with Crippen molar-refractivity contribution in [2.45, 2.75) is 98.3 Å². The van der Waals surface area contributed by atoms with Gasteiger partial charge in [0.2, 0.25) is 0 Å². The van der Waals surface area contributed by atoms with Crippen molar-refractivity contribution in [3.05, 3.63) is 48.6 Å². The van der Waals surface area contributed by atoms with E-state index in [1.165, 1.54) is 63.4 Å². The third-order valence-electron chi connectivity index (χ3n) is 3.83. The lowest BCUT2D eigenvalue weighted by Gasteiger charge is -2.02. The Labute approximate surface area is 147 Å². The molecule has 0 bridgehead atoms. The highest BCUT2D eigenvalue weighted by Crippen LogP contribution is 2.12. The summed E-state index contributed by atoms with van der Waals surface area (Å²) in [6.07, 6.45) is 22.3. The maximum atomic E-state index is 3.73. The summed E-state index contributed by atoms with van der Waals surface area (Å²) in [6.45, 7) is 16.3. The Morgan fingerprint density at radius 1 is 0.739 bits per heavy atom. The van der Waals surface area contributed by atoms with Crippen LogP contribution >= 0.6 is 0 Å². The molecular formula is C23H42. The van der Waals surface area contributed by atoms with Crippen LogP contribution < -0.4 is 0 Å². The van der Waals surface area contributed by atoms with E-state index in [1.807, 2.05) is 12.2 Å². The van der Waals surface area contributed by atoms with E-state index >= 15 is 0 Å². The van der Waals surface area contributed by atoms with Crippen LogP contribution in [-0.2, 0) is 0 Å². The van der Waals surface area contributed by atoms with Gasteiger partial charge in [0.05, 0.1) is 0 Å². The first-order valence-electron chi connectivity index (χ1n) is 9.71. The molecule has 23 heavy (non-hydrogen) atoms. The molecule has 0 rings (SSSR count). The molecule has 0 aliphatic carbocycles. The molecule has 0 saturated heterocycles. The zero-order chi connectivity index (χ0) is 17.8. The van der Waals surface area contributed by atoms with Crippen LogP contribution in [0.1, 0.15) is 98.3 Å². The summed E-state index contributed by atoms with van der Waals surface area (Å²) in [4.78, 5) is 0. The van der Waals surface area contributed by atoms with Crippen LogP contribution in [-0.4, -0.2) is 0 Å². The van der Waals surface area contributed by atoms with E-state index in [9.17, 15) is 0 Å². The molecule has 0 aromatic carbocycles. The molecule has 0 unspecified atom stereocenters. The second kappa shape index (κ2) is 21.0. The third kappa shape index (κ3) is 21.0. The van der Waals surface area contributed by atoms with Gasteiger partial charge in [-0.3, -0.25) is 0 Å². The van der Waals surface area contributed by atoms with Crippen molar-refractivity contribution in [2.24, 2.45) is 0 Å². The topological polar surface area (TPSA) is 0 Å². The summed E-state index contributed by atoms with van der Waals surface area (Å²) in [5, 5.41) is 0. The van der Waals surface area contributed by atoms with Gasteiger partial charge in [-0.15, -0.1) is 13.2 Å². The van der Waals surface area contributed by atoms with Crippen LogP contribution in [0.5, 0.6) is 0 Å². The lowest BCUT2D eigenvalue weighted by molar-refractivity contribution is 0.791. The first-order valence-corrected chi connectivity index (χ1v) is 9.71. The van der Waals surface area contributed by atoms with Crippen LogP contribution in [0, 0.1) is 0 Å². The molecule has 0 aromatic rings. The van der Waals surface area contributed by atoms with E-state index in [0.29, 0.717) is 0 Å². The Bertz CT molecular complexity index is 317. The smallest absolute Gasteiger partial charge is 0.0317 e. The van der Waals surface area contributed by atoms with E-state index in [0.717, 1.165) is 12.8 Å². The van der Waals surface area contributed by atoms with Crippen LogP contribution in [0.3, 0.4) is 0 Å². The largest absolute Gasteiger partial charge is 0.103 e. The molecule has 0 spiro atoms. The zero-order valence-corrected chi connectivity index (χ0v) is 16.5. The summed E-state index contributed by atoms with van der Waals surface area (Å²) in [6, 6.07) is 0. The van der Waals surface area contributed by atoms with Gasteiger partial charge in [0.25, 0.3) is 0 Å². The standard InChI is InChI=1S/C12H22.C11H20/c1-4-7-9-11-12(6-3)10-8-5-2;1-4-6-7-8-10-11(3)9-5-2/h4,10H,1,5-9,11H2,2-3H3;4,10H,1,5-9H2,2-3H3. The quantitative estimate of drug-likeness (QED) is 0.235. The maximum Gasteiger partial charge on any atom is -0.0317 e. The van der Waals surface area contributed by atoms with Crippen molar-refractivity contribution in [3.8, 4) is 0 Å². The predicted molar refractivity (Wildman–Crippen MR) is 110 cm³/mol. The molecule has 0 aliphatic rings. The third-order valence-corrected chi connectivity index (χ3v) is 3.83.